The lowest BCUT2D eigenvalue weighted by Gasteiger charge is -2.28. The van der Waals surface area contributed by atoms with E-state index >= 15 is 0 Å². The van der Waals surface area contributed by atoms with Gasteiger partial charge in [0.25, 0.3) is 5.91 Å². The van der Waals surface area contributed by atoms with Gasteiger partial charge in [-0.2, -0.15) is 0 Å². The van der Waals surface area contributed by atoms with Crippen LogP contribution in [0.25, 0.3) is 0 Å². The maximum Gasteiger partial charge on any atom is 0.338 e. The maximum atomic E-state index is 13.5. The van der Waals surface area contributed by atoms with E-state index in [9.17, 15) is 19.2 Å². The van der Waals surface area contributed by atoms with Gasteiger partial charge < -0.3 is 19.5 Å². The predicted octanol–water partition coefficient (Wildman–Crippen LogP) is 4.43. The number of carbonyl (C=O) groups is 4. The average molecular weight is 555 g/mol. The Bertz CT molecular complexity index is 1500. The predicted molar refractivity (Wildman–Crippen MR) is 150 cm³/mol. The molecule has 3 fully saturated rings. The molecule has 1 N–H and O–H groups in total. The molecule has 3 aromatic carbocycles. The lowest BCUT2D eigenvalue weighted by Crippen LogP contribution is -2.33. The third kappa shape index (κ3) is 4.71. The molecule has 210 valence electrons. The number of ether oxygens (including phenoxy) is 3. The minimum atomic E-state index is -0.701. The van der Waals surface area contributed by atoms with Gasteiger partial charge in [-0.15, -0.1) is 0 Å². The van der Waals surface area contributed by atoms with E-state index in [0.29, 0.717) is 28.8 Å². The first-order valence-corrected chi connectivity index (χ1v) is 13.6. The van der Waals surface area contributed by atoms with Gasteiger partial charge in [0.15, 0.2) is 6.61 Å². The Morgan fingerprint density at radius 2 is 1.61 bits per heavy atom. The van der Waals surface area contributed by atoms with E-state index < -0.39 is 18.5 Å². The molecule has 0 aromatic heterocycles. The van der Waals surface area contributed by atoms with Gasteiger partial charge in [0.2, 0.25) is 11.8 Å². The molecule has 3 aromatic rings. The summed E-state index contributed by atoms with van der Waals surface area (Å²) in [4.78, 5) is 53.2. The Labute approximate surface area is 237 Å². The zero-order valence-electron chi connectivity index (χ0n) is 22.7. The summed E-state index contributed by atoms with van der Waals surface area (Å²) >= 11 is 0. The summed E-state index contributed by atoms with van der Waals surface area (Å²) in [5.74, 6) is -0.513. The number of methoxy groups -OCH3 is 2. The van der Waals surface area contributed by atoms with Crippen LogP contribution in [0.1, 0.15) is 34.7 Å². The number of hydrogen-bond acceptors (Lipinski definition) is 7. The number of benzene rings is 3. The fourth-order valence-electron chi connectivity index (χ4n) is 6.85. The Balaban J connectivity index is 1.08. The fourth-order valence-corrected chi connectivity index (χ4v) is 6.85. The summed E-state index contributed by atoms with van der Waals surface area (Å²) in [5.41, 5.74) is 2.28. The SMILES string of the molecule is COc1ccc(NC(=O)COC(=O)c2ccc(N3C(=O)[C@@H]4[C@@H]5C[C@@H]([C@@H]4C3=O)[C@@H](c3ccccc3)C5)cc2)c(OC)c1. The summed E-state index contributed by atoms with van der Waals surface area (Å²) < 4.78 is 15.6. The molecule has 3 aliphatic rings. The largest absolute Gasteiger partial charge is 0.497 e. The summed E-state index contributed by atoms with van der Waals surface area (Å²) in [6, 6.07) is 21.3. The second-order valence-corrected chi connectivity index (χ2v) is 10.7. The smallest absolute Gasteiger partial charge is 0.338 e. The second kappa shape index (κ2) is 10.7. The van der Waals surface area contributed by atoms with Crippen molar-refractivity contribution in [2.24, 2.45) is 23.7 Å². The Morgan fingerprint density at radius 1 is 0.878 bits per heavy atom. The van der Waals surface area contributed by atoms with Crippen molar-refractivity contribution in [2.75, 3.05) is 31.0 Å². The molecule has 1 heterocycles. The minimum Gasteiger partial charge on any atom is -0.497 e. The Kier molecular flexibility index (Phi) is 6.95. The Hall–Kier alpha value is -4.66. The molecular formula is C32H30N2O7. The molecule has 1 aliphatic heterocycles. The summed E-state index contributed by atoms with van der Waals surface area (Å²) in [6.45, 7) is -0.506. The molecule has 2 saturated carbocycles. The van der Waals surface area contributed by atoms with Crippen molar-refractivity contribution in [3.63, 3.8) is 0 Å². The van der Waals surface area contributed by atoms with E-state index in [-0.39, 0.29) is 41.0 Å². The van der Waals surface area contributed by atoms with Crippen molar-refractivity contribution in [3.8, 4) is 11.5 Å². The summed E-state index contributed by atoms with van der Waals surface area (Å²) in [7, 11) is 2.99. The van der Waals surface area contributed by atoms with Crippen LogP contribution >= 0.6 is 0 Å². The molecule has 3 amide bonds. The number of imide groups is 1. The van der Waals surface area contributed by atoms with Crippen LogP contribution in [0.4, 0.5) is 11.4 Å². The van der Waals surface area contributed by atoms with Crippen LogP contribution in [0.3, 0.4) is 0 Å². The molecule has 5 atom stereocenters. The van der Waals surface area contributed by atoms with Crippen molar-refractivity contribution >= 4 is 35.1 Å². The molecule has 0 unspecified atom stereocenters. The molecule has 9 nitrogen and oxygen atoms in total. The topological polar surface area (TPSA) is 111 Å². The maximum absolute atomic E-state index is 13.5. The van der Waals surface area contributed by atoms with Gasteiger partial charge in [-0.1, -0.05) is 30.3 Å². The van der Waals surface area contributed by atoms with Crippen LogP contribution in [-0.4, -0.2) is 44.5 Å². The third-order valence-corrected chi connectivity index (χ3v) is 8.62. The fraction of sp³-hybridized carbons (Fsp3) is 0.312. The zero-order chi connectivity index (χ0) is 28.7. The first-order valence-electron chi connectivity index (χ1n) is 13.6. The van der Waals surface area contributed by atoms with E-state index in [4.69, 9.17) is 14.2 Å². The lowest BCUT2D eigenvalue weighted by molar-refractivity contribution is -0.123. The molecule has 2 bridgehead atoms. The van der Waals surface area contributed by atoms with Gasteiger partial charge in [0.1, 0.15) is 11.5 Å². The second-order valence-electron chi connectivity index (χ2n) is 10.7. The molecule has 9 heteroatoms. The number of anilines is 2. The van der Waals surface area contributed by atoms with Crippen molar-refractivity contribution < 1.29 is 33.4 Å². The van der Waals surface area contributed by atoms with Gasteiger partial charge in [0.05, 0.1) is 43.0 Å². The highest BCUT2D eigenvalue weighted by Crippen LogP contribution is 2.61. The molecule has 2 aliphatic carbocycles. The van der Waals surface area contributed by atoms with Crippen LogP contribution in [0.2, 0.25) is 0 Å². The normalized spacial score (nSPS) is 24.2. The Morgan fingerprint density at radius 3 is 2.32 bits per heavy atom. The number of carbonyl (C=O) groups excluding carboxylic acids is 4. The number of fused-ring (bicyclic) bond motifs is 5. The van der Waals surface area contributed by atoms with Gasteiger partial charge in [0, 0.05) is 6.07 Å². The highest BCUT2D eigenvalue weighted by molar-refractivity contribution is 6.22. The van der Waals surface area contributed by atoms with Crippen molar-refractivity contribution in [1.29, 1.82) is 0 Å². The van der Waals surface area contributed by atoms with E-state index in [2.05, 4.69) is 17.4 Å². The molecular weight excluding hydrogens is 524 g/mol. The monoisotopic (exact) mass is 554 g/mol. The molecule has 0 radical (unpaired) electrons. The van der Waals surface area contributed by atoms with E-state index in [1.165, 1.54) is 36.8 Å². The lowest BCUT2D eigenvalue weighted by atomic mass is 9.73. The van der Waals surface area contributed by atoms with E-state index in [0.717, 1.165) is 12.8 Å². The number of nitrogens with one attached hydrogen (secondary N) is 1. The summed E-state index contributed by atoms with van der Waals surface area (Å²) in [5, 5.41) is 2.64. The molecule has 6 rings (SSSR count). The van der Waals surface area contributed by atoms with Gasteiger partial charge >= 0.3 is 5.97 Å². The average Bonchev–Trinajstić information content (AvgIpc) is 3.67. The van der Waals surface area contributed by atoms with Crippen molar-refractivity contribution in [3.05, 3.63) is 83.9 Å². The molecule has 0 spiro atoms. The van der Waals surface area contributed by atoms with Gasteiger partial charge in [-0.25, -0.2) is 4.79 Å². The number of amides is 3. The van der Waals surface area contributed by atoms with Crippen molar-refractivity contribution in [1.82, 2.24) is 0 Å². The van der Waals surface area contributed by atoms with E-state index in [1.54, 1.807) is 30.3 Å². The van der Waals surface area contributed by atoms with Crippen molar-refractivity contribution in [2.45, 2.75) is 18.8 Å². The number of hydrogen-bond donors (Lipinski definition) is 1. The number of rotatable bonds is 8. The first-order chi connectivity index (χ1) is 19.9. The minimum absolute atomic E-state index is 0.153. The third-order valence-electron chi connectivity index (χ3n) is 8.62. The van der Waals surface area contributed by atoms with Gasteiger partial charge in [-0.05, 0) is 72.6 Å². The van der Waals surface area contributed by atoms with Crippen LogP contribution in [0.15, 0.2) is 72.8 Å². The van der Waals surface area contributed by atoms with Crippen LogP contribution in [-0.2, 0) is 19.1 Å². The number of esters is 1. The van der Waals surface area contributed by atoms with Crippen LogP contribution < -0.4 is 19.7 Å². The molecule has 41 heavy (non-hydrogen) atoms. The zero-order valence-corrected chi connectivity index (χ0v) is 22.7. The quantitative estimate of drug-likeness (QED) is 0.324. The van der Waals surface area contributed by atoms with Crippen LogP contribution in [0.5, 0.6) is 11.5 Å². The summed E-state index contributed by atoms with van der Waals surface area (Å²) in [6.07, 6.45) is 1.83. The highest BCUT2D eigenvalue weighted by Gasteiger charge is 2.64. The highest BCUT2D eigenvalue weighted by atomic mass is 16.5. The molecule has 1 saturated heterocycles. The van der Waals surface area contributed by atoms with E-state index in [1.807, 2.05) is 18.2 Å². The number of nitrogens with zero attached hydrogens (tertiary/aromatic N) is 1. The van der Waals surface area contributed by atoms with Gasteiger partial charge in [-0.3, -0.25) is 19.3 Å². The first kappa shape index (κ1) is 26.6. The standard InChI is InChI=1S/C32H30N2O7/c1-39-22-12-13-25(26(16-22)40-2)33-27(35)17-41-32(38)19-8-10-21(11-9-19)34-30(36)28-20-14-23(18-6-4-3-5-7-18)24(15-20)29(28)31(34)37/h3-13,16,20,23-24,28-29H,14-15,17H2,1-2H3,(H,33,35)/t20-,23+,24+,28+,29-/m0/s1. The van der Waals surface area contributed by atoms with Crippen LogP contribution in [0, 0.1) is 23.7 Å².